The Bertz CT molecular complexity index is 827. The summed E-state index contributed by atoms with van der Waals surface area (Å²) in [6.07, 6.45) is 4.23. The van der Waals surface area contributed by atoms with Crippen LogP contribution in [0.2, 0.25) is 10.0 Å². The van der Waals surface area contributed by atoms with Crippen LogP contribution >= 0.6 is 35.0 Å². The van der Waals surface area contributed by atoms with E-state index in [2.05, 4.69) is 15.2 Å². The van der Waals surface area contributed by atoms with Gasteiger partial charge in [0.2, 0.25) is 5.96 Å². The van der Waals surface area contributed by atoms with Crippen LogP contribution in [0.25, 0.3) is 0 Å². The number of hydrogen-bond acceptors (Lipinski definition) is 3. The summed E-state index contributed by atoms with van der Waals surface area (Å²) >= 11 is 13.5. The van der Waals surface area contributed by atoms with E-state index in [1.165, 1.54) is 6.08 Å². The van der Waals surface area contributed by atoms with Crippen LogP contribution in [0.3, 0.4) is 0 Å². The third-order valence-corrected chi connectivity index (χ3v) is 5.26. The molecule has 3 rings (SSSR count). The predicted octanol–water partition coefficient (Wildman–Crippen LogP) is 5.92. The van der Waals surface area contributed by atoms with Crippen LogP contribution in [0.5, 0.6) is 0 Å². The number of rotatable bonds is 2. The number of fused-ring (bicyclic) bond motifs is 1. The number of benzene rings is 1. The fourth-order valence-electron chi connectivity index (χ4n) is 2.30. The fraction of sp³-hybridized carbons (Fsp3) is 0.188. The van der Waals surface area contributed by atoms with Crippen LogP contribution in [0.4, 0.5) is 10.1 Å². The Labute approximate surface area is 153 Å². The van der Waals surface area contributed by atoms with Crippen molar-refractivity contribution >= 4 is 46.6 Å². The van der Waals surface area contributed by atoms with Gasteiger partial charge in [-0.3, -0.25) is 0 Å². The number of nitrogens with two attached hydrogens (primary N) is 1. The highest BCUT2D eigenvalue weighted by molar-refractivity contribution is 8.03. The molecule has 0 aromatic heterocycles. The van der Waals surface area contributed by atoms with Gasteiger partial charge >= 0.3 is 0 Å². The van der Waals surface area contributed by atoms with Gasteiger partial charge in [-0.05, 0) is 35.9 Å². The standard InChI is InChI=1S/C16H13Cl2FN4S/c17-12-3-2-10(8-13(12)18)21-16(20)23-22-14-5-6-24-15-4-1-9(19)7-11(14)15/h1-4,8H,5-7H2,(H2,20,21). The molecule has 0 fully saturated rings. The first-order valence-corrected chi connectivity index (χ1v) is 8.89. The topological polar surface area (TPSA) is 63.1 Å². The summed E-state index contributed by atoms with van der Waals surface area (Å²) in [5.74, 6) is 0.696. The maximum atomic E-state index is 13.5. The summed E-state index contributed by atoms with van der Waals surface area (Å²) in [6.45, 7) is 0. The van der Waals surface area contributed by atoms with Gasteiger partial charge in [-0.2, -0.15) is 5.11 Å². The van der Waals surface area contributed by atoms with Crippen LogP contribution in [0.1, 0.15) is 12.8 Å². The van der Waals surface area contributed by atoms with E-state index in [-0.39, 0.29) is 18.2 Å². The SMILES string of the molecule is NC(N=NC1=C2CC(F)=CC=C2SCC1)=Nc1ccc(Cl)c(Cl)c1. The maximum Gasteiger partial charge on any atom is 0.240 e. The molecule has 8 heteroatoms. The summed E-state index contributed by atoms with van der Waals surface area (Å²) in [5.41, 5.74) is 7.94. The minimum atomic E-state index is -0.179. The summed E-state index contributed by atoms with van der Waals surface area (Å²) in [7, 11) is 0. The van der Waals surface area contributed by atoms with Crippen molar-refractivity contribution in [1.82, 2.24) is 0 Å². The molecular formula is C16H13Cl2FN4S. The molecule has 24 heavy (non-hydrogen) atoms. The molecule has 2 aliphatic rings. The number of guanidine groups is 1. The molecule has 1 heterocycles. The van der Waals surface area contributed by atoms with Gasteiger partial charge in [0.1, 0.15) is 5.83 Å². The Morgan fingerprint density at radius 2 is 2.04 bits per heavy atom. The molecule has 0 unspecified atom stereocenters. The molecule has 0 saturated carbocycles. The van der Waals surface area contributed by atoms with Gasteiger partial charge in [0, 0.05) is 23.5 Å². The van der Waals surface area contributed by atoms with Crippen molar-refractivity contribution in [2.45, 2.75) is 12.8 Å². The molecule has 0 saturated heterocycles. The minimum absolute atomic E-state index is 0.00271. The number of thioether (sulfide) groups is 1. The van der Waals surface area contributed by atoms with Crippen LogP contribution in [0.15, 0.2) is 67.6 Å². The molecule has 0 bridgehead atoms. The highest BCUT2D eigenvalue weighted by atomic mass is 35.5. The molecule has 0 atom stereocenters. The lowest BCUT2D eigenvalue weighted by Gasteiger charge is -2.21. The maximum absolute atomic E-state index is 13.5. The second-order valence-corrected chi connectivity index (χ2v) is 7.06. The van der Waals surface area contributed by atoms with Crippen molar-refractivity contribution in [2.75, 3.05) is 5.75 Å². The number of nitrogens with zero attached hydrogens (tertiary/aromatic N) is 3. The molecule has 1 aliphatic carbocycles. The molecule has 1 aromatic rings. The Kier molecular flexibility index (Phi) is 5.38. The number of aliphatic imine (C=N–C) groups is 1. The van der Waals surface area contributed by atoms with Gasteiger partial charge in [-0.1, -0.05) is 23.2 Å². The predicted molar refractivity (Wildman–Crippen MR) is 98.6 cm³/mol. The van der Waals surface area contributed by atoms with Gasteiger partial charge in [-0.15, -0.1) is 16.9 Å². The molecule has 1 aliphatic heterocycles. The van der Waals surface area contributed by atoms with Crippen molar-refractivity contribution in [3.8, 4) is 0 Å². The minimum Gasteiger partial charge on any atom is -0.366 e. The van der Waals surface area contributed by atoms with Gasteiger partial charge in [0.25, 0.3) is 0 Å². The third-order valence-electron chi connectivity index (χ3n) is 3.42. The highest BCUT2D eigenvalue weighted by Gasteiger charge is 2.21. The van der Waals surface area contributed by atoms with Gasteiger partial charge in [0.15, 0.2) is 0 Å². The Morgan fingerprint density at radius 3 is 2.83 bits per heavy atom. The van der Waals surface area contributed by atoms with E-state index in [0.29, 0.717) is 22.2 Å². The smallest absolute Gasteiger partial charge is 0.240 e. The molecule has 0 radical (unpaired) electrons. The van der Waals surface area contributed by atoms with Gasteiger partial charge in [-0.25, -0.2) is 9.38 Å². The quantitative estimate of drug-likeness (QED) is 0.391. The second-order valence-electron chi connectivity index (χ2n) is 5.11. The molecule has 0 spiro atoms. The zero-order chi connectivity index (χ0) is 17.1. The van der Waals surface area contributed by atoms with Gasteiger partial charge in [0.05, 0.1) is 21.4 Å². The Hall–Kier alpha value is -1.63. The van der Waals surface area contributed by atoms with E-state index in [1.54, 1.807) is 36.0 Å². The molecule has 1 aromatic carbocycles. The first-order valence-electron chi connectivity index (χ1n) is 7.15. The lowest BCUT2D eigenvalue weighted by atomic mass is 10.0. The van der Waals surface area contributed by atoms with E-state index in [4.69, 9.17) is 28.9 Å². The summed E-state index contributed by atoms with van der Waals surface area (Å²) in [5, 5.41) is 8.96. The molecule has 2 N–H and O–H groups in total. The third kappa shape index (κ3) is 4.06. The fourth-order valence-corrected chi connectivity index (χ4v) is 3.64. The van der Waals surface area contributed by atoms with E-state index in [0.717, 1.165) is 21.9 Å². The van der Waals surface area contributed by atoms with E-state index in [9.17, 15) is 4.39 Å². The number of azo groups is 1. The molecule has 124 valence electrons. The van der Waals surface area contributed by atoms with Crippen molar-refractivity contribution in [2.24, 2.45) is 21.0 Å². The number of allylic oxidation sites excluding steroid dienone is 5. The average Bonchev–Trinajstić information content (AvgIpc) is 2.56. The largest absolute Gasteiger partial charge is 0.366 e. The average molecular weight is 383 g/mol. The van der Waals surface area contributed by atoms with E-state index >= 15 is 0 Å². The van der Waals surface area contributed by atoms with Crippen LogP contribution in [-0.2, 0) is 0 Å². The first kappa shape index (κ1) is 17.2. The molecule has 0 amide bonds. The number of halogens is 3. The Morgan fingerprint density at radius 1 is 1.21 bits per heavy atom. The van der Waals surface area contributed by atoms with Crippen molar-refractivity contribution in [3.63, 3.8) is 0 Å². The second kappa shape index (κ2) is 7.51. The van der Waals surface area contributed by atoms with Crippen LogP contribution < -0.4 is 5.73 Å². The zero-order valence-electron chi connectivity index (χ0n) is 12.5. The monoisotopic (exact) mass is 382 g/mol. The van der Waals surface area contributed by atoms with Crippen LogP contribution in [-0.4, -0.2) is 11.7 Å². The van der Waals surface area contributed by atoms with Crippen molar-refractivity contribution in [3.05, 3.63) is 62.4 Å². The molecular weight excluding hydrogens is 370 g/mol. The Balaban J connectivity index is 1.82. The molecule has 4 nitrogen and oxygen atoms in total. The summed E-state index contributed by atoms with van der Waals surface area (Å²) in [6, 6.07) is 4.90. The van der Waals surface area contributed by atoms with E-state index in [1.807, 2.05) is 0 Å². The lowest BCUT2D eigenvalue weighted by Crippen LogP contribution is -2.08. The summed E-state index contributed by atoms with van der Waals surface area (Å²) < 4.78 is 13.5. The van der Waals surface area contributed by atoms with Crippen LogP contribution in [0, 0.1) is 0 Å². The normalized spacial score (nSPS) is 18.5. The first-order chi connectivity index (χ1) is 11.5. The zero-order valence-corrected chi connectivity index (χ0v) is 14.8. The van der Waals surface area contributed by atoms with Crippen molar-refractivity contribution in [1.29, 1.82) is 0 Å². The lowest BCUT2D eigenvalue weighted by molar-refractivity contribution is 0.607. The van der Waals surface area contributed by atoms with Crippen molar-refractivity contribution < 1.29 is 4.39 Å². The van der Waals surface area contributed by atoms with Gasteiger partial charge < -0.3 is 5.73 Å². The number of hydrogen-bond donors (Lipinski definition) is 1. The summed E-state index contributed by atoms with van der Waals surface area (Å²) in [4.78, 5) is 5.17. The van der Waals surface area contributed by atoms with E-state index < -0.39 is 0 Å². The highest BCUT2D eigenvalue weighted by Crippen LogP contribution is 2.40.